The Morgan fingerprint density at radius 2 is 1.97 bits per heavy atom. The molecule has 29 heavy (non-hydrogen) atoms. The molecule has 0 unspecified atom stereocenters. The molecule has 0 saturated carbocycles. The number of amides is 1. The average Bonchev–Trinajstić information content (AvgIpc) is 3.25. The minimum Gasteiger partial charge on any atom is -0.492 e. The third-order valence-corrected chi connectivity index (χ3v) is 4.60. The molecule has 1 aromatic rings. The van der Waals surface area contributed by atoms with Crippen LogP contribution >= 0.6 is 0 Å². The second-order valence-electron chi connectivity index (χ2n) is 7.00. The molecule has 1 fully saturated rings. The van der Waals surface area contributed by atoms with Gasteiger partial charge in [-0.25, -0.2) is 5.48 Å². The predicted octanol–water partition coefficient (Wildman–Crippen LogP) is 3.02. The van der Waals surface area contributed by atoms with E-state index < -0.39 is 5.91 Å². The SMILES string of the molecule is CCC(=NCCOc1ccc(CN2CCCC2)cc1)N/C=C(C)/C=C/C(=O)NO. The van der Waals surface area contributed by atoms with E-state index in [4.69, 9.17) is 9.94 Å². The van der Waals surface area contributed by atoms with Crippen LogP contribution in [0.3, 0.4) is 0 Å². The lowest BCUT2D eigenvalue weighted by Gasteiger charge is -2.14. The summed E-state index contributed by atoms with van der Waals surface area (Å²) in [6.07, 6.45) is 7.99. The van der Waals surface area contributed by atoms with Gasteiger partial charge in [0.1, 0.15) is 18.2 Å². The van der Waals surface area contributed by atoms with Gasteiger partial charge in [-0.2, -0.15) is 0 Å². The van der Waals surface area contributed by atoms with Crippen molar-refractivity contribution in [3.8, 4) is 5.75 Å². The van der Waals surface area contributed by atoms with E-state index >= 15 is 0 Å². The predicted molar refractivity (Wildman–Crippen MR) is 115 cm³/mol. The van der Waals surface area contributed by atoms with Gasteiger partial charge in [0.2, 0.25) is 0 Å². The lowest BCUT2D eigenvalue weighted by atomic mass is 10.2. The molecule has 0 spiro atoms. The minimum atomic E-state index is -0.566. The first-order valence-electron chi connectivity index (χ1n) is 10.1. The number of benzene rings is 1. The molecule has 3 N–H and O–H groups in total. The van der Waals surface area contributed by atoms with Crippen LogP contribution in [-0.2, 0) is 11.3 Å². The summed E-state index contributed by atoms with van der Waals surface area (Å²) in [5.41, 5.74) is 3.71. The van der Waals surface area contributed by atoms with Gasteiger partial charge in [-0.3, -0.25) is 19.9 Å². The molecule has 0 bridgehead atoms. The van der Waals surface area contributed by atoms with Crippen LogP contribution in [0, 0.1) is 0 Å². The Labute approximate surface area is 173 Å². The largest absolute Gasteiger partial charge is 0.492 e. The van der Waals surface area contributed by atoms with Gasteiger partial charge in [-0.15, -0.1) is 0 Å². The highest BCUT2D eigenvalue weighted by atomic mass is 16.5. The van der Waals surface area contributed by atoms with E-state index in [2.05, 4.69) is 27.3 Å². The van der Waals surface area contributed by atoms with Crippen molar-refractivity contribution in [2.24, 2.45) is 4.99 Å². The Hall–Kier alpha value is -2.64. The number of rotatable bonds is 10. The van der Waals surface area contributed by atoms with Gasteiger partial charge in [0.15, 0.2) is 0 Å². The standard InChI is InChI=1S/C22H32N4O3/c1-3-21(24-16-18(2)6-11-22(27)25-28)23-12-15-29-20-9-7-19(8-10-20)17-26-13-4-5-14-26/h6-11,16,28H,3-5,12-15,17H2,1-2H3,(H,23,24)(H,25,27)/b11-6+,18-16+. The number of nitrogens with zero attached hydrogens (tertiary/aromatic N) is 2. The molecule has 158 valence electrons. The Morgan fingerprint density at radius 3 is 2.62 bits per heavy atom. The maximum Gasteiger partial charge on any atom is 0.267 e. The number of amidine groups is 1. The van der Waals surface area contributed by atoms with Crippen LogP contribution < -0.4 is 15.5 Å². The van der Waals surface area contributed by atoms with Crippen LogP contribution in [0.5, 0.6) is 5.75 Å². The third kappa shape index (κ3) is 8.93. The lowest BCUT2D eigenvalue weighted by molar-refractivity contribution is -0.124. The highest BCUT2D eigenvalue weighted by Crippen LogP contribution is 2.16. The summed E-state index contributed by atoms with van der Waals surface area (Å²) < 4.78 is 5.79. The van der Waals surface area contributed by atoms with E-state index in [-0.39, 0.29) is 0 Å². The van der Waals surface area contributed by atoms with Crippen LogP contribution in [-0.4, -0.2) is 48.1 Å². The first-order valence-corrected chi connectivity index (χ1v) is 10.1. The second kappa shape index (κ2) is 12.7. The summed E-state index contributed by atoms with van der Waals surface area (Å²) in [5.74, 6) is 1.14. The molecule has 0 radical (unpaired) electrons. The zero-order valence-corrected chi connectivity index (χ0v) is 17.4. The highest BCUT2D eigenvalue weighted by Gasteiger charge is 2.11. The van der Waals surface area contributed by atoms with Gasteiger partial charge in [0.05, 0.1) is 6.54 Å². The van der Waals surface area contributed by atoms with Gasteiger partial charge < -0.3 is 10.1 Å². The topological polar surface area (TPSA) is 86.2 Å². The van der Waals surface area contributed by atoms with Crippen molar-refractivity contribution in [1.29, 1.82) is 0 Å². The maximum absolute atomic E-state index is 11.0. The van der Waals surface area contributed by atoms with Gasteiger partial charge in [-0.1, -0.05) is 25.1 Å². The zero-order chi connectivity index (χ0) is 20.9. The van der Waals surface area contributed by atoms with E-state index in [1.165, 1.54) is 37.6 Å². The zero-order valence-electron chi connectivity index (χ0n) is 17.4. The number of aliphatic imine (C=N–C) groups is 1. The Kier molecular flexibility index (Phi) is 9.95. The van der Waals surface area contributed by atoms with E-state index in [1.807, 2.05) is 26.0 Å². The molecular weight excluding hydrogens is 368 g/mol. The van der Waals surface area contributed by atoms with Crippen molar-refractivity contribution in [2.45, 2.75) is 39.7 Å². The summed E-state index contributed by atoms with van der Waals surface area (Å²) in [5, 5.41) is 11.6. The van der Waals surface area contributed by atoms with Crippen molar-refractivity contribution in [3.05, 3.63) is 53.8 Å². The first-order chi connectivity index (χ1) is 14.1. The summed E-state index contributed by atoms with van der Waals surface area (Å²) in [7, 11) is 0. The number of nitrogens with one attached hydrogen (secondary N) is 2. The Morgan fingerprint density at radius 1 is 1.24 bits per heavy atom. The van der Waals surface area contributed by atoms with E-state index in [0.29, 0.717) is 13.2 Å². The van der Waals surface area contributed by atoms with Crippen LogP contribution in [0.1, 0.15) is 38.7 Å². The van der Waals surface area contributed by atoms with Crippen molar-refractivity contribution in [2.75, 3.05) is 26.2 Å². The van der Waals surface area contributed by atoms with Crippen molar-refractivity contribution in [3.63, 3.8) is 0 Å². The van der Waals surface area contributed by atoms with Crippen LogP contribution in [0.15, 0.2) is 53.2 Å². The number of carbonyl (C=O) groups excluding carboxylic acids is 1. The van der Waals surface area contributed by atoms with Crippen LogP contribution in [0.25, 0.3) is 0 Å². The maximum atomic E-state index is 11.0. The fourth-order valence-corrected chi connectivity index (χ4v) is 2.98. The van der Waals surface area contributed by atoms with Gasteiger partial charge in [0, 0.05) is 25.2 Å². The van der Waals surface area contributed by atoms with Crippen LogP contribution in [0.2, 0.25) is 0 Å². The number of ether oxygens (including phenoxy) is 1. The molecular formula is C22H32N4O3. The molecule has 0 aliphatic carbocycles. The van der Waals surface area contributed by atoms with E-state index in [1.54, 1.807) is 17.8 Å². The van der Waals surface area contributed by atoms with Crippen molar-refractivity contribution >= 4 is 11.7 Å². The summed E-state index contributed by atoms with van der Waals surface area (Å²) in [6.45, 7) is 8.35. The minimum absolute atomic E-state index is 0.510. The smallest absolute Gasteiger partial charge is 0.267 e. The quantitative estimate of drug-likeness (QED) is 0.107. The summed E-state index contributed by atoms with van der Waals surface area (Å²) >= 11 is 0. The van der Waals surface area contributed by atoms with Gasteiger partial charge in [-0.05, 0) is 56.1 Å². The van der Waals surface area contributed by atoms with Crippen molar-refractivity contribution in [1.82, 2.24) is 15.7 Å². The third-order valence-electron chi connectivity index (χ3n) is 4.60. The molecule has 1 aromatic carbocycles. The second-order valence-corrected chi connectivity index (χ2v) is 7.00. The van der Waals surface area contributed by atoms with Crippen molar-refractivity contribution < 1.29 is 14.7 Å². The summed E-state index contributed by atoms with van der Waals surface area (Å²) in [4.78, 5) is 18.0. The molecule has 1 aliphatic heterocycles. The molecule has 7 heteroatoms. The summed E-state index contributed by atoms with van der Waals surface area (Å²) in [6, 6.07) is 8.31. The van der Waals surface area contributed by atoms with Gasteiger partial charge >= 0.3 is 0 Å². The van der Waals surface area contributed by atoms with Crippen LogP contribution in [0.4, 0.5) is 0 Å². The van der Waals surface area contributed by atoms with E-state index in [0.717, 1.165) is 30.1 Å². The molecule has 1 saturated heterocycles. The number of hydroxylamine groups is 1. The molecule has 2 rings (SSSR count). The highest BCUT2D eigenvalue weighted by molar-refractivity contribution is 5.87. The Bertz CT molecular complexity index is 720. The number of carbonyl (C=O) groups is 1. The number of likely N-dealkylation sites (tertiary alicyclic amines) is 1. The molecule has 7 nitrogen and oxygen atoms in total. The molecule has 0 aromatic heterocycles. The number of hydrogen-bond acceptors (Lipinski definition) is 5. The molecule has 1 amide bonds. The normalized spacial score (nSPS) is 15.7. The Balaban J connectivity index is 1.72. The van der Waals surface area contributed by atoms with E-state index in [9.17, 15) is 4.79 Å². The lowest BCUT2D eigenvalue weighted by Crippen LogP contribution is -2.18. The number of allylic oxidation sites excluding steroid dienone is 2. The molecule has 0 atom stereocenters. The fraction of sp³-hybridized carbons (Fsp3) is 0.455. The molecule has 1 aliphatic rings. The first kappa shape index (κ1) is 22.6. The molecule has 1 heterocycles. The number of hydrogen-bond donors (Lipinski definition) is 3. The van der Waals surface area contributed by atoms with Gasteiger partial charge in [0.25, 0.3) is 5.91 Å². The fourth-order valence-electron chi connectivity index (χ4n) is 2.98. The monoisotopic (exact) mass is 400 g/mol. The average molecular weight is 401 g/mol.